The average Bonchev–Trinajstić information content (AvgIpc) is 2.50. The second-order valence-corrected chi connectivity index (χ2v) is 5.35. The van der Waals surface area contributed by atoms with Gasteiger partial charge in [-0.2, -0.15) is 0 Å². The van der Waals surface area contributed by atoms with Crippen molar-refractivity contribution in [1.29, 1.82) is 0 Å². The third-order valence-corrected chi connectivity index (χ3v) is 4.13. The van der Waals surface area contributed by atoms with E-state index in [1.165, 1.54) is 0 Å². The van der Waals surface area contributed by atoms with E-state index in [9.17, 15) is 14.4 Å². The van der Waals surface area contributed by atoms with Gasteiger partial charge in [-0.3, -0.25) is 19.7 Å². The summed E-state index contributed by atoms with van der Waals surface area (Å²) in [6.07, 6.45) is 0. The van der Waals surface area contributed by atoms with Crippen molar-refractivity contribution in [1.82, 2.24) is 5.32 Å². The van der Waals surface area contributed by atoms with Crippen molar-refractivity contribution in [2.75, 3.05) is 9.75 Å². The maximum Gasteiger partial charge on any atom is 0.258 e. The van der Waals surface area contributed by atoms with Crippen molar-refractivity contribution in [2.45, 2.75) is 0 Å². The Morgan fingerprint density at radius 2 is 1.81 bits per heavy atom. The van der Waals surface area contributed by atoms with Gasteiger partial charge >= 0.3 is 0 Å². The molecule has 0 spiro atoms. The molecule has 0 bridgehead atoms. The van der Waals surface area contributed by atoms with Gasteiger partial charge in [0, 0.05) is 33.7 Å². The van der Waals surface area contributed by atoms with Crippen LogP contribution in [-0.2, 0) is 4.79 Å². The summed E-state index contributed by atoms with van der Waals surface area (Å²) in [4.78, 5) is 35.5. The van der Waals surface area contributed by atoms with Crippen molar-refractivity contribution >= 4 is 61.9 Å². The zero-order chi connectivity index (χ0) is 15.1. The highest BCUT2D eigenvalue weighted by molar-refractivity contribution is 9.09. The number of rotatable bonds is 2. The maximum atomic E-state index is 11.9. The summed E-state index contributed by atoms with van der Waals surface area (Å²) >= 11 is 9.10. The normalized spacial score (nSPS) is 13.2. The van der Waals surface area contributed by atoms with Crippen molar-refractivity contribution < 1.29 is 14.4 Å². The molecule has 1 N–H and O–H groups in total. The fraction of sp³-hybridized carbons (Fsp3) is 0.0714. The Balaban J connectivity index is 2.33. The number of carbonyl (C=O) groups excluding carboxylic acids is 3. The fourth-order valence-electron chi connectivity index (χ4n) is 2.37. The molecule has 0 radical (unpaired) electrons. The third-order valence-electron chi connectivity index (χ3n) is 3.28. The Bertz CT molecular complexity index is 786. The standard InChI is InChI=1S/C14H8BrClN2O3/c15-6-11(19)18(16)10-5-4-9-12-7(10)2-1-3-8(12)13(20)17-14(9)21/h1-5H,6H2,(H,17,20,21). The first-order chi connectivity index (χ1) is 10.0. The van der Waals surface area contributed by atoms with Crippen LogP contribution in [0.5, 0.6) is 0 Å². The molecule has 3 rings (SSSR count). The number of nitrogens with zero attached hydrogens (tertiary/aromatic N) is 1. The summed E-state index contributed by atoms with van der Waals surface area (Å²) in [5.41, 5.74) is 1.21. The number of hydrogen-bond acceptors (Lipinski definition) is 3. The molecule has 1 aliphatic rings. The van der Waals surface area contributed by atoms with Crippen LogP contribution in [0.25, 0.3) is 10.8 Å². The van der Waals surface area contributed by atoms with Gasteiger partial charge in [-0.25, -0.2) is 4.42 Å². The van der Waals surface area contributed by atoms with E-state index < -0.39 is 11.8 Å². The lowest BCUT2D eigenvalue weighted by Gasteiger charge is -2.21. The lowest BCUT2D eigenvalue weighted by molar-refractivity contribution is -0.115. The molecule has 7 heteroatoms. The van der Waals surface area contributed by atoms with E-state index in [1.54, 1.807) is 30.3 Å². The highest BCUT2D eigenvalue weighted by Gasteiger charge is 2.27. The lowest BCUT2D eigenvalue weighted by Crippen LogP contribution is -2.34. The molecule has 2 aromatic rings. The maximum absolute atomic E-state index is 11.9. The van der Waals surface area contributed by atoms with Crippen LogP contribution >= 0.6 is 27.7 Å². The predicted octanol–water partition coefficient (Wildman–Crippen LogP) is 2.61. The number of anilines is 1. The van der Waals surface area contributed by atoms with Crippen molar-refractivity contribution in [3.8, 4) is 0 Å². The summed E-state index contributed by atoms with van der Waals surface area (Å²) in [5.74, 6) is -1.25. The molecule has 3 amide bonds. The molecule has 2 aromatic carbocycles. The molecule has 0 saturated heterocycles. The van der Waals surface area contributed by atoms with E-state index >= 15 is 0 Å². The Kier molecular flexibility index (Phi) is 3.43. The van der Waals surface area contributed by atoms with E-state index in [2.05, 4.69) is 21.2 Å². The molecule has 0 saturated carbocycles. The first-order valence-corrected chi connectivity index (χ1v) is 7.46. The largest absolute Gasteiger partial charge is 0.288 e. The zero-order valence-corrected chi connectivity index (χ0v) is 12.9. The summed E-state index contributed by atoms with van der Waals surface area (Å²) in [5, 5.41) is 3.44. The minimum atomic E-state index is -0.455. The number of nitrogens with one attached hydrogen (secondary N) is 1. The third kappa shape index (κ3) is 2.11. The molecule has 0 aromatic heterocycles. The van der Waals surface area contributed by atoms with Gasteiger partial charge in [0.15, 0.2) is 0 Å². The van der Waals surface area contributed by atoms with Gasteiger partial charge < -0.3 is 0 Å². The minimum Gasteiger partial charge on any atom is -0.288 e. The highest BCUT2D eigenvalue weighted by Crippen LogP contribution is 2.34. The Morgan fingerprint density at radius 1 is 1.14 bits per heavy atom. The second kappa shape index (κ2) is 5.13. The van der Waals surface area contributed by atoms with Crippen LogP contribution in [0.2, 0.25) is 0 Å². The summed E-state index contributed by atoms with van der Waals surface area (Å²) < 4.78 is 0.981. The Morgan fingerprint density at radius 3 is 2.48 bits per heavy atom. The van der Waals surface area contributed by atoms with E-state index in [1.807, 2.05) is 0 Å². The van der Waals surface area contributed by atoms with Gasteiger partial charge in [0.1, 0.15) is 0 Å². The van der Waals surface area contributed by atoms with Crippen LogP contribution in [0.15, 0.2) is 30.3 Å². The number of halogens is 2. The number of amides is 3. The Hall–Kier alpha value is -1.92. The molecule has 1 aliphatic heterocycles. The number of imide groups is 1. The van der Waals surface area contributed by atoms with Crippen LogP contribution in [0, 0.1) is 0 Å². The summed E-state index contributed by atoms with van der Waals surface area (Å²) in [6, 6.07) is 8.18. The van der Waals surface area contributed by atoms with Crippen molar-refractivity contribution in [2.24, 2.45) is 0 Å². The minimum absolute atomic E-state index is 0.0683. The van der Waals surface area contributed by atoms with Crippen LogP contribution in [0.3, 0.4) is 0 Å². The van der Waals surface area contributed by atoms with Crippen LogP contribution < -0.4 is 9.74 Å². The van der Waals surface area contributed by atoms with Gasteiger partial charge in [-0.15, -0.1) is 0 Å². The Labute approximate surface area is 133 Å². The van der Waals surface area contributed by atoms with E-state index in [0.29, 0.717) is 27.6 Å². The fourth-order valence-corrected chi connectivity index (χ4v) is 2.97. The van der Waals surface area contributed by atoms with E-state index in [-0.39, 0.29) is 11.2 Å². The molecule has 5 nitrogen and oxygen atoms in total. The van der Waals surface area contributed by atoms with Crippen molar-refractivity contribution in [3.63, 3.8) is 0 Å². The van der Waals surface area contributed by atoms with E-state index in [4.69, 9.17) is 11.8 Å². The smallest absolute Gasteiger partial charge is 0.258 e. The van der Waals surface area contributed by atoms with Crippen LogP contribution in [0.1, 0.15) is 20.7 Å². The predicted molar refractivity (Wildman–Crippen MR) is 82.9 cm³/mol. The zero-order valence-electron chi connectivity index (χ0n) is 10.5. The topological polar surface area (TPSA) is 66.5 Å². The monoisotopic (exact) mass is 366 g/mol. The number of benzene rings is 2. The molecular weight excluding hydrogens is 360 g/mol. The number of alkyl halides is 1. The number of hydrogen-bond donors (Lipinski definition) is 1. The molecule has 1 heterocycles. The summed E-state index contributed by atoms with van der Waals surface area (Å²) in [7, 11) is 0. The SMILES string of the molecule is O=C1NC(=O)c2ccc(N(Cl)C(=O)CBr)c3cccc1c23. The van der Waals surface area contributed by atoms with Gasteiger partial charge in [0.05, 0.1) is 11.0 Å². The van der Waals surface area contributed by atoms with Gasteiger partial charge in [-0.05, 0) is 18.2 Å². The van der Waals surface area contributed by atoms with Gasteiger partial charge in [0.2, 0.25) is 0 Å². The molecule has 0 fully saturated rings. The van der Waals surface area contributed by atoms with E-state index in [0.717, 1.165) is 4.42 Å². The van der Waals surface area contributed by atoms with Gasteiger partial charge in [0.25, 0.3) is 17.7 Å². The highest BCUT2D eigenvalue weighted by atomic mass is 79.9. The molecule has 106 valence electrons. The molecular formula is C14H8BrClN2O3. The van der Waals surface area contributed by atoms with Crippen LogP contribution in [-0.4, -0.2) is 23.1 Å². The quantitative estimate of drug-likeness (QED) is 0.504. The molecule has 21 heavy (non-hydrogen) atoms. The van der Waals surface area contributed by atoms with Gasteiger partial charge in [-0.1, -0.05) is 28.1 Å². The first kappa shape index (κ1) is 14.0. The second-order valence-electron chi connectivity index (χ2n) is 4.45. The molecule has 0 aliphatic carbocycles. The van der Waals surface area contributed by atoms with Crippen molar-refractivity contribution in [3.05, 3.63) is 41.5 Å². The molecule has 0 unspecified atom stereocenters. The number of carbonyl (C=O) groups is 3. The summed E-state index contributed by atoms with van der Waals surface area (Å²) in [6.45, 7) is 0. The average molecular weight is 368 g/mol. The first-order valence-electron chi connectivity index (χ1n) is 6.00. The molecule has 0 atom stereocenters. The van der Waals surface area contributed by atoms with Crippen LogP contribution in [0.4, 0.5) is 5.69 Å². The lowest BCUT2D eigenvalue weighted by atomic mass is 9.94.